The van der Waals surface area contributed by atoms with Gasteiger partial charge in [-0.25, -0.2) is 0 Å². The predicted octanol–water partition coefficient (Wildman–Crippen LogP) is 4.20. The molecule has 0 aromatic heterocycles. The number of hydrogen-bond acceptors (Lipinski definition) is 2. The van der Waals surface area contributed by atoms with Gasteiger partial charge in [-0.3, -0.25) is 0 Å². The van der Waals surface area contributed by atoms with Crippen LogP contribution < -0.4 is 0 Å². The molecule has 0 amide bonds. The van der Waals surface area contributed by atoms with Crippen molar-refractivity contribution in [3.8, 4) is 17.2 Å². The van der Waals surface area contributed by atoms with Crippen LogP contribution >= 0.6 is 11.8 Å². The van der Waals surface area contributed by atoms with Crippen molar-refractivity contribution in [1.82, 2.24) is 0 Å². The van der Waals surface area contributed by atoms with Gasteiger partial charge < -0.3 is 0 Å². The summed E-state index contributed by atoms with van der Waals surface area (Å²) >= 11 is 1.64. The van der Waals surface area contributed by atoms with Gasteiger partial charge in [-0.2, -0.15) is 5.26 Å². The van der Waals surface area contributed by atoms with Crippen molar-refractivity contribution in [3.05, 3.63) is 54.1 Å². The van der Waals surface area contributed by atoms with E-state index in [4.69, 9.17) is 0 Å². The van der Waals surface area contributed by atoms with Crippen molar-refractivity contribution in [2.45, 2.75) is 16.6 Å². The van der Waals surface area contributed by atoms with Gasteiger partial charge >= 0.3 is 0 Å². The molecule has 0 spiro atoms. The number of nitriles is 1. The first-order valence-corrected chi connectivity index (χ1v) is 6.35. The van der Waals surface area contributed by atoms with Gasteiger partial charge in [-0.05, 0) is 29.7 Å². The second-order valence-corrected chi connectivity index (χ2v) is 5.75. The average molecular weight is 237 g/mol. The summed E-state index contributed by atoms with van der Waals surface area (Å²) in [5.74, 6) is 0. The highest BCUT2D eigenvalue weighted by atomic mass is 32.2. The molecule has 82 valence electrons. The molecule has 1 aliphatic rings. The molecule has 1 atom stereocenters. The lowest BCUT2D eigenvalue weighted by Crippen LogP contribution is -2.19. The van der Waals surface area contributed by atoms with Crippen LogP contribution in [0.25, 0.3) is 11.1 Å². The second-order valence-electron chi connectivity index (χ2n) is 4.29. The van der Waals surface area contributed by atoms with Gasteiger partial charge in [0.2, 0.25) is 0 Å². The molecular weight excluding hydrogens is 226 g/mol. The Bertz CT molecular complexity index is 627. The number of fused-ring (bicyclic) bond motifs is 3. The van der Waals surface area contributed by atoms with Crippen molar-refractivity contribution in [2.24, 2.45) is 0 Å². The van der Waals surface area contributed by atoms with E-state index in [1.807, 2.05) is 31.2 Å². The van der Waals surface area contributed by atoms with Gasteiger partial charge in [-0.15, -0.1) is 0 Å². The molecular formula is C15H11NS. The van der Waals surface area contributed by atoms with E-state index in [9.17, 15) is 5.26 Å². The van der Waals surface area contributed by atoms with E-state index >= 15 is 0 Å². The van der Waals surface area contributed by atoms with Crippen molar-refractivity contribution in [2.75, 3.05) is 0 Å². The van der Waals surface area contributed by atoms with Crippen LogP contribution in [-0.4, -0.2) is 0 Å². The van der Waals surface area contributed by atoms with Crippen molar-refractivity contribution < 1.29 is 0 Å². The Kier molecular flexibility index (Phi) is 2.24. The molecule has 2 aromatic rings. The fourth-order valence-electron chi connectivity index (χ4n) is 2.27. The number of thioether (sulfide) groups is 1. The Hall–Kier alpha value is -1.72. The average Bonchev–Trinajstić information content (AvgIpc) is 2.39. The maximum absolute atomic E-state index is 9.45. The first-order chi connectivity index (χ1) is 8.24. The van der Waals surface area contributed by atoms with Gasteiger partial charge in [0.25, 0.3) is 0 Å². The summed E-state index contributed by atoms with van der Waals surface area (Å²) in [6.07, 6.45) is 0. The molecule has 0 N–H and O–H groups in total. The second kappa shape index (κ2) is 3.65. The summed E-state index contributed by atoms with van der Waals surface area (Å²) in [5, 5.41) is 9.45. The molecule has 0 fully saturated rings. The number of rotatable bonds is 0. The molecule has 0 saturated heterocycles. The fraction of sp³-hybridized carbons (Fsp3) is 0.133. The van der Waals surface area contributed by atoms with E-state index < -0.39 is 4.75 Å². The van der Waals surface area contributed by atoms with Crippen LogP contribution in [-0.2, 0) is 4.75 Å². The van der Waals surface area contributed by atoms with Gasteiger partial charge in [0.15, 0.2) is 0 Å². The number of nitrogens with zero attached hydrogens (tertiary/aromatic N) is 1. The van der Waals surface area contributed by atoms with E-state index in [1.165, 1.54) is 16.0 Å². The van der Waals surface area contributed by atoms with Gasteiger partial charge in [-0.1, -0.05) is 54.2 Å². The van der Waals surface area contributed by atoms with E-state index in [0.717, 1.165) is 5.56 Å². The molecule has 1 unspecified atom stereocenters. The van der Waals surface area contributed by atoms with Crippen LogP contribution in [0.3, 0.4) is 0 Å². The van der Waals surface area contributed by atoms with Crippen molar-refractivity contribution >= 4 is 11.8 Å². The molecule has 2 heteroatoms. The van der Waals surface area contributed by atoms with Crippen molar-refractivity contribution in [1.29, 1.82) is 5.26 Å². The third-order valence-electron chi connectivity index (χ3n) is 3.15. The molecule has 1 nitrogen and oxygen atoms in total. The lowest BCUT2D eigenvalue weighted by atomic mass is 9.91. The molecule has 17 heavy (non-hydrogen) atoms. The monoisotopic (exact) mass is 237 g/mol. The SMILES string of the molecule is CC1(C#N)Sc2ccccc2-c2ccccc21. The maximum atomic E-state index is 9.45. The van der Waals surface area contributed by atoms with Crippen LogP contribution in [0, 0.1) is 11.3 Å². The van der Waals surface area contributed by atoms with E-state index in [-0.39, 0.29) is 0 Å². The number of hydrogen-bond donors (Lipinski definition) is 0. The van der Waals surface area contributed by atoms with Crippen LogP contribution in [0.1, 0.15) is 12.5 Å². The zero-order valence-electron chi connectivity index (χ0n) is 9.47. The topological polar surface area (TPSA) is 23.8 Å². The highest BCUT2D eigenvalue weighted by Crippen LogP contribution is 2.51. The Morgan fingerprint density at radius 2 is 1.65 bits per heavy atom. The quantitative estimate of drug-likeness (QED) is 0.685. The van der Waals surface area contributed by atoms with E-state index in [0.29, 0.717) is 0 Å². The first-order valence-electron chi connectivity index (χ1n) is 5.54. The van der Waals surface area contributed by atoms with Gasteiger partial charge in [0.1, 0.15) is 4.75 Å². The molecule has 1 heterocycles. The summed E-state index contributed by atoms with van der Waals surface area (Å²) in [6, 6.07) is 18.9. The zero-order valence-corrected chi connectivity index (χ0v) is 10.3. The third kappa shape index (κ3) is 1.47. The Labute approximate surface area is 105 Å². The molecule has 0 bridgehead atoms. The largest absolute Gasteiger partial charge is 0.196 e. The summed E-state index contributed by atoms with van der Waals surface area (Å²) in [6.45, 7) is 1.99. The van der Waals surface area contributed by atoms with E-state index in [2.05, 4.69) is 30.3 Å². The van der Waals surface area contributed by atoms with Crippen LogP contribution in [0.5, 0.6) is 0 Å². The molecule has 0 radical (unpaired) electrons. The van der Waals surface area contributed by atoms with Gasteiger partial charge in [0.05, 0.1) is 6.07 Å². The Morgan fingerprint density at radius 1 is 1.00 bits per heavy atom. The maximum Gasteiger partial charge on any atom is 0.130 e. The first kappa shape index (κ1) is 10.4. The smallest absolute Gasteiger partial charge is 0.130 e. The predicted molar refractivity (Wildman–Crippen MR) is 70.7 cm³/mol. The Morgan fingerprint density at radius 3 is 2.41 bits per heavy atom. The number of benzene rings is 2. The summed E-state index contributed by atoms with van der Waals surface area (Å²) in [7, 11) is 0. The minimum Gasteiger partial charge on any atom is -0.196 e. The highest BCUT2D eigenvalue weighted by Gasteiger charge is 2.35. The van der Waals surface area contributed by atoms with Gasteiger partial charge in [0, 0.05) is 4.90 Å². The minimum atomic E-state index is -0.481. The molecule has 1 aliphatic heterocycles. The zero-order chi connectivity index (χ0) is 11.9. The summed E-state index contributed by atoms with van der Waals surface area (Å²) in [4.78, 5) is 1.19. The summed E-state index contributed by atoms with van der Waals surface area (Å²) in [5.41, 5.74) is 3.54. The Balaban J connectivity index is 2.35. The summed E-state index contributed by atoms with van der Waals surface area (Å²) < 4.78 is -0.481. The molecule has 0 aliphatic carbocycles. The van der Waals surface area contributed by atoms with Crippen molar-refractivity contribution in [3.63, 3.8) is 0 Å². The van der Waals surface area contributed by atoms with E-state index in [1.54, 1.807) is 11.8 Å². The minimum absolute atomic E-state index is 0.481. The lowest BCUT2D eigenvalue weighted by molar-refractivity contribution is 0.889. The normalized spacial score (nSPS) is 21.2. The van der Waals surface area contributed by atoms with Crippen LogP contribution in [0.4, 0.5) is 0 Å². The lowest BCUT2D eigenvalue weighted by Gasteiger charge is -2.30. The van der Waals surface area contributed by atoms with Crippen LogP contribution in [0.15, 0.2) is 53.4 Å². The third-order valence-corrected chi connectivity index (χ3v) is 4.44. The molecule has 3 rings (SSSR count). The fourth-order valence-corrected chi connectivity index (χ4v) is 3.48. The van der Waals surface area contributed by atoms with Crippen LogP contribution in [0.2, 0.25) is 0 Å². The standard InChI is InChI=1S/C15H11NS/c1-15(10-16)13-8-4-2-6-11(13)12-7-3-5-9-14(12)17-15/h2-9H,1H3. The molecule has 0 saturated carbocycles. The molecule has 2 aromatic carbocycles. The highest BCUT2D eigenvalue weighted by molar-refractivity contribution is 8.00.